The molecule has 7 heteroatoms. The molecule has 2 aromatic rings. The highest BCUT2D eigenvalue weighted by Crippen LogP contribution is 2.40. The number of halogens is 1. The van der Waals surface area contributed by atoms with Crippen molar-refractivity contribution in [3.8, 4) is 10.7 Å². The molecule has 0 radical (unpaired) electrons. The van der Waals surface area contributed by atoms with E-state index < -0.39 is 11.9 Å². The minimum atomic E-state index is -0.777. The maximum atomic E-state index is 11.2. The predicted molar refractivity (Wildman–Crippen MR) is 73.0 cm³/mol. The maximum Gasteiger partial charge on any atom is 0.307 e. The molecule has 2 unspecified atom stereocenters. The number of nitrogens with zero attached hydrogens (tertiary/aromatic N) is 2. The van der Waals surface area contributed by atoms with Gasteiger partial charge in [0, 0.05) is 9.85 Å². The molecule has 5 nitrogen and oxygen atoms in total. The highest BCUT2D eigenvalue weighted by molar-refractivity contribution is 9.10. The molecule has 1 saturated carbocycles. The first-order chi connectivity index (χ1) is 9.15. The zero-order valence-electron chi connectivity index (χ0n) is 9.88. The van der Waals surface area contributed by atoms with E-state index in [0.29, 0.717) is 18.1 Å². The second kappa shape index (κ2) is 5.05. The highest BCUT2D eigenvalue weighted by Gasteiger charge is 2.37. The summed E-state index contributed by atoms with van der Waals surface area (Å²) in [7, 11) is 0. The lowest BCUT2D eigenvalue weighted by molar-refractivity contribution is -0.142. The van der Waals surface area contributed by atoms with E-state index in [-0.39, 0.29) is 5.92 Å². The summed E-state index contributed by atoms with van der Waals surface area (Å²) in [5.74, 6) is -0.349. The summed E-state index contributed by atoms with van der Waals surface area (Å²) in [6, 6.07) is 1.92. The molecule has 1 aliphatic carbocycles. The summed E-state index contributed by atoms with van der Waals surface area (Å²) >= 11 is 4.90. The van der Waals surface area contributed by atoms with Crippen LogP contribution < -0.4 is 0 Å². The van der Waals surface area contributed by atoms with Gasteiger partial charge >= 0.3 is 5.97 Å². The molecule has 2 aromatic heterocycles. The number of hydrogen-bond donors (Lipinski definition) is 1. The van der Waals surface area contributed by atoms with Crippen molar-refractivity contribution in [1.82, 2.24) is 10.1 Å². The number of hydrogen-bond acceptors (Lipinski definition) is 5. The van der Waals surface area contributed by atoms with Gasteiger partial charge in [-0.05, 0) is 34.8 Å². The van der Waals surface area contributed by atoms with Crippen LogP contribution in [0, 0.1) is 5.92 Å². The highest BCUT2D eigenvalue weighted by atomic mass is 79.9. The van der Waals surface area contributed by atoms with Gasteiger partial charge in [-0.15, -0.1) is 11.3 Å². The average Bonchev–Trinajstić information content (AvgIpc) is 3.07. The molecule has 0 bridgehead atoms. The van der Waals surface area contributed by atoms with Crippen LogP contribution in [0.3, 0.4) is 0 Å². The minimum absolute atomic E-state index is 0.151. The van der Waals surface area contributed by atoms with Gasteiger partial charge in [-0.1, -0.05) is 11.6 Å². The number of carboxylic acid groups (broad SMARTS) is 1. The van der Waals surface area contributed by atoms with E-state index in [0.717, 1.165) is 22.2 Å². The van der Waals surface area contributed by atoms with E-state index in [9.17, 15) is 9.90 Å². The number of carbonyl (C=O) groups is 1. The fourth-order valence-electron chi connectivity index (χ4n) is 2.47. The van der Waals surface area contributed by atoms with Gasteiger partial charge < -0.3 is 9.63 Å². The zero-order valence-corrected chi connectivity index (χ0v) is 12.3. The van der Waals surface area contributed by atoms with Crippen molar-refractivity contribution >= 4 is 33.2 Å². The van der Waals surface area contributed by atoms with Crippen LogP contribution in [0.15, 0.2) is 20.4 Å². The molecule has 0 spiro atoms. The predicted octanol–water partition coefficient (Wildman–Crippen LogP) is 3.53. The Bertz CT molecular complexity index is 610. The smallest absolute Gasteiger partial charge is 0.307 e. The molecule has 0 amide bonds. The Kier molecular flexibility index (Phi) is 3.40. The van der Waals surface area contributed by atoms with Crippen molar-refractivity contribution in [3.63, 3.8) is 0 Å². The summed E-state index contributed by atoms with van der Waals surface area (Å²) < 4.78 is 6.23. The minimum Gasteiger partial charge on any atom is -0.481 e. The standard InChI is InChI=1S/C12H11BrN2O3S/c13-6-4-9(19-5-6)10-14-11(18-15-10)7-2-1-3-8(7)12(16)17/h4-5,7-8H,1-3H2,(H,16,17). The third-order valence-electron chi connectivity index (χ3n) is 3.38. The third kappa shape index (κ3) is 2.44. The molecule has 0 aliphatic heterocycles. The topological polar surface area (TPSA) is 76.2 Å². The number of thiophene rings is 1. The van der Waals surface area contributed by atoms with Crippen LogP contribution in [0.2, 0.25) is 0 Å². The Balaban J connectivity index is 1.87. The molecule has 2 heterocycles. The number of aromatic nitrogens is 2. The molecule has 0 aromatic carbocycles. The zero-order chi connectivity index (χ0) is 13.4. The summed E-state index contributed by atoms with van der Waals surface area (Å²) in [5, 5.41) is 15.1. The summed E-state index contributed by atoms with van der Waals surface area (Å²) in [4.78, 5) is 16.4. The Morgan fingerprint density at radius 1 is 1.53 bits per heavy atom. The lowest BCUT2D eigenvalue weighted by Crippen LogP contribution is -2.16. The quantitative estimate of drug-likeness (QED) is 0.923. The van der Waals surface area contributed by atoms with Gasteiger partial charge in [-0.2, -0.15) is 4.98 Å². The van der Waals surface area contributed by atoms with Crippen LogP contribution >= 0.6 is 27.3 Å². The van der Waals surface area contributed by atoms with Crippen molar-refractivity contribution in [3.05, 3.63) is 21.8 Å². The normalized spacial score (nSPS) is 22.8. The van der Waals surface area contributed by atoms with Crippen LogP contribution in [-0.4, -0.2) is 21.2 Å². The average molecular weight is 343 g/mol. The maximum absolute atomic E-state index is 11.2. The first kappa shape index (κ1) is 12.8. The first-order valence-electron chi connectivity index (χ1n) is 5.96. The molecule has 0 saturated heterocycles. The molecule has 1 N–H and O–H groups in total. The van der Waals surface area contributed by atoms with Gasteiger partial charge in [-0.3, -0.25) is 4.79 Å². The van der Waals surface area contributed by atoms with Crippen molar-refractivity contribution in [2.75, 3.05) is 0 Å². The van der Waals surface area contributed by atoms with Crippen LogP contribution in [-0.2, 0) is 4.79 Å². The van der Waals surface area contributed by atoms with E-state index in [4.69, 9.17) is 4.52 Å². The Morgan fingerprint density at radius 2 is 2.37 bits per heavy atom. The second-order valence-electron chi connectivity index (χ2n) is 4.57. The van der Waals surface area contributed by atoms with E-state index in [1.165, 1.54) is 11.3 Å². The molecule has 2 atom stereocenters. The molecule has 1 aliphatic rings. The van der Waals surface area contributed by atoms with Gasteiger partial charge in [0.2, 0.25) is 11.7 Å². The molecule has 100 valence electrons. The number of rotatable bonds is 3. The Hall–Kier alpha value is -1.21. The van der Waals surface area contributed by atoms with Gasteiger partial charge in [0.05, 0.1) is 16.7 Å². The molecular weight excluding hydrogens is 332 g/mol. The fourth-order valence-corrected chi connectivity index (χ4v) is 3.82. The SMILES string of the molecule is O=C(O)C1CCCC1c1nc(-c2cc(Br)cs2)no1. The largest absolute Gasteiger partial charge is 0.481 e. The van der Waals surface area contributed by atoms with Crippen molar-refractivity contribution in [1.29, 1.82) is 0 Å². The van der Waals surface area contributed by atoms with Gasteiger partial charge in [0.1, 0.15) is 0 Å². The molecule has 1 fully saturated rings. The van der Waals surface area contributed by atoms with Crippen LogP contribution in [0.25, 0.3) is 10.7 Å². The summed E-state index contributed by atoms with van der Waals surface area (Å²) in [6.07, 6.45) is 2.37. The van der Waals surface area contributed by atoms with Crippen LogP contribution in [0.1, 0.15) is 31.1 Å². The van der Waals surface area contributed by atoms with E-state index in [1.807, 2.05) is 11.4 Å². The Labute approximate surface area is 121 Å². The fraction of sp³-hybridized carbons (Fsp3) is 0.417. The van der Waals surface area contributed by atoms with Crippen molar-refractivity contribution < 1.29 is 14.4 Å². The molecule has 3 rings (SSSR count). The van der Waals surface area contributed by atoms with Gasteiger partial charge in [0.15, 0.2) is 0 Å². The number of aliphatic carboxylic acids is 1. The second-order valence-corrected chi connectivity index (χ2v) is 6.39. The lowest BCUT2D eigenvalue weighted by atomic mass is 9.96. The van der Waals surface area contributed by atoms with E-state index in [1.54, 1.807) is 0 Å². The third-order valence-corrected chi connectivity index (χ3v) is 5.07. The summed E-state index contributed by atoms with van der Waals surface area (Å²) in [6.45, 7) is 0. The van der Waals surface area contributed by atoms with Gasteiger partial charge in [-0.25, -0.2) is 0 Å². The molecular formula is C12H11BrN2O3S. The van der Waals surface area contributed by atoms with Crippen molar-refractivity contribution in [2.45, 2.75) is 25.2 Å². The molecule has 19 heavy (non-hydrogen) atoms. The van der Waals surface area contributed by atoms with Crippen LogP contribution in [0.5, 0.6) is 0 Å². The van der Waals surface area contributed by atoms with Crippen LogP contribution in [0.4, 0.5) is 0 Å². The summed E-state index contributed by atoms with van der Waals surface area (Å²) in [5.41, 5.74) is 0. The monoisotopic (exact) mass is 342 g/mol. The van der Waals surface area contributed by atoms with Gasteiger partial charge in [0.25, 0.3) is 0 Å². The Morgan fingerprint density at radius 3 is 3.05 bits per heavy atom. The van der Waals surface area contributed by atoms with E-state index in [2.05, 4.69) is 26.1 Å². The van der Waals surface area contributed by atoms with E-state index >= 15 is 0 Å². The van der Waals surface area contributed by atoms with Crippen molar-refractivity contribution in [2.24, 2.45) is 5.92 Å². The lowest BCUT2D eigenvalue weighted by Gasteiger charge is -2.09. The number of carboxylic acids is 1. The first-order valence-corrected chi connectivity index (χ1v) is 7.63.